The molecule has 25 heavy (non-hydrogen) atoms. The quantitative estimate of drug-likeness (QED) is 0.650. The summed E-state index contributed by atoms with van der Waals surface area (Å²) in [4.78, 5) is 23.1. The van der Waals surface area contributed by atoms with Crippen LogP contribution in [0.4, 0.5) is 4.39 Å². The predicted molar refractivity (Wildman–Crippen MR) is 87.9 cm³/mol. The van der Waals surface area contributed by atoms with Crippen molar-refractivity contribution in [3.05, 3.63) is 29.0 Å². The Labute approximate surface area is 149 Å². The van der Waals surface area contributed by atoms with Gasteiger partial charge in [0.05, 0.1) is 16.3 Å². The van der Waals surface area contributed by atoms with E-state index >= 15 is 0 Å². The zero-order valence-electron chi connectivity index (χ0n) is 13.4. The van der Waals surface area contributed by atoms with Gasteiger partial charge in [-0.15, -0.1) is 0 Å². The maximum Gasteiger partial charge on any atom is 0.307 e. The Morgan fingerprint density at radius 2 is 2.08 bits per heavy atom. The fourth-order valence-electron chi connectivity index (χ4n) is 1.87. The van der Waals surface area contributed by atoms with Crippen molar-refractivity contribution >= 4 is 33.5 Å². The Kier molecular flexibility index (Phi) is 6.36. The number of carbonyl (C=O) groups excluding carboxylic acids is 2. The average molecular weight is 393 g/mol. The molecule has 7 nitrogen and oxygen atoms in total. The summed E-state index contributed by atoms with van der Waals surface area (Å²) in [7, 11) is -3.94. The summed E-state index contributed by atoms with van der Waals surface area (Å²) in [5.74, 6) is -1.82. The first-order valence-corrected chi connectivity index (χ1v) is 9.50. The minimum Gasteiger partial charge on any atom is -0.453 e. The van der Waals surface area contributed by atoms with E-state index in [1.54, 1.807) is 0 Å². The molecule has 1 aliphatic carbocycles. The number of sulfonamides is 1. The van der Waals surface area contributed by atoms with Gasteiger partial charge in [0.25, 0.3) is 5.91 Å². The number of halogens is 2. The molecule has 1 atom stereocenters. The maximum atomic E-state index is 13.1. The minimum absolute atomic E-state index is 0.156. The van der Waals surface area contributed by atoms with Crippen LogP contribution in [0, 0.1) is 5.82 Å². The third kappa shape index (κ3) is 5.94. The number of rotatable bonds is 8. The Bertz CT molecular complexity index is 767. The zero-order valence-corrected chi connectivity index (χ0v) is 15.0. The van der Waals surface area contributed by atoms with Crippen LogP contribution < -0.4 is 10.0 Å². The Morgan fingerprint density at radius 3 is 2.68 bits per heavy atom. The molecule has 0 spiro atoms. The largest absolute Gasteiger partial charge is 0.453 e. The molecule has 0 aromatic heterocycles. The average Bonchev–Trinajstić information content (AvgIpc) is 3.33. The van der Waals surface area contributed by atoms with Crippen molar-refractivity contribution in [2.45, 2.75) is 43.2 Å². The minimum atomic E-state index is -3.94. The summed E-state index contributed by atoms with van der Waals surface area (Å²) in [6, 6.07) is 3.13. The van der Waals surface area contributed by atoms with Crippen LogP contribution in [-0.4, -0.2) is 39.0 Å². The fraction of sp³-hybridized carbons (Fsp3) is 0.467. The fourth-order valence-corrected chi connectivity index (χ4v) is 3.17. The second-order valence-corrected chi connectivity index (χ2v) is 7.81. The van der Waals surface area contributed by atoms with Gasteiger partial charge in [-0.05, 0) is 38.0 Å². The molecule has 0 saturated heterocycles. The van der Waals surface area contributed by atoms with E-state index in [-0.39, 0.29) is 34.8 Å². The second-order valence-electron chi connectivity index (χ2n) is 5.64. The van der Waals surface area contributed by atoms with Crippen molar-refractivity contribution in [2.75, 3.05) is 6.54 Å². The molecule has 1 amide bonds. The first kappa shape index (κ1) is 19.6. The summed E-state index contributed by atoms with van der Waals surface area (Å²) in [5.41, 5.74) is 0. The van der Waals surface area contributed by atoms with E-state index in [1.165, 1.54) is 6.92 Å². The molecule has 2 rings (SSSR count). The summed E-state index contributed by atoms with van der Waals surface area (Å²) >= 11 is 5.55. The van der Waals surface area contributed by atoms with Crippen molar-refractivity contribution in [2.24, 2.45) is 0 Å². The highest BCUT2D eigenvalue weighted by molar-refractivity contribution is 7.89. The first-order valence-electron chi connectivity index (χ1n) is 7.63. The first-order chi connectivity index (χ1) is 11.7. The molecule has 10 heteroatoms. The maximum absolute atomic E-state index is 13.1. The number of hydrogen-bond acceptors (Lipinski definition) is 5. The van der Waals surface area contributed by atoms with Crippen LogP contribution in [0.1, 0.15) is 26.2 Å². The Hall–Kier alpha value is -1.71. The summed E-state index contributed by atoms with van der Waals surface area (Å²) < 4.78 is 44.3. The molecule has 1 aromatic rings. The number of amides is 1. The van der Waals surface area contributed by atoms with Crippen molar-refractivity contribution in [3.8, 4) is 0 Å². The molecule has 0 bridgehead atoms. The van der Waals surface area contributed by atoms with Gasteiger partial charge in [-0.3, -0.25) is 9.59 Å². The molecule has 1 saturated carbocycles. The zero-order chi connectivity index (χ0) is 18.6. The highest BCUT2D eigenvalue weighted by Crippen LogP contribution is 2.19. The van der Waals surface area contributed by atoms with Gasteiger partial charge >= 0.3 is 5.97 Å². The Balaban J connectivity index is 1.79. The van der Waals surface area contributed by atoms with E-state index in [2.05, 4.69) is 10.0 Å². The highest BCUT2D eigenvalue weighted by Gasteiger charge is 2.27. The van der Waals surface area contributed by atoms with Crippen molar-refractivity contribution in [1.82, 2.24) is 10.0 Å². The molecular weight excluding hydrogens is 375 g/mol. The Morgan fingerprint density at radius 1 is 1.40 bits per heavy atom. The lowest BCUT2D eigenvalue weighted by Crippen LogP contribution is -2.37. The molecular formula is C15H18ClFN2O5S. The number of hydrogen-bond donors (Lipinski definition) is 2. The van der Waals surface area contributed by atoms with Crippen LogP contribution in [-0.2, 0) is 24.3 Å². The van der Waals surface area contributed by atoms with Crippen molar-refractivity contribution in [3.63, 3.8) is 0 Å². The SMILES string of the molecule is C[C@H](OC(=O)CCNS(=O)(=O)c1ccc(F)c(Cl)c1)C(=O)NC1CC1. The molecule has 0 unspecified atom stereocenters. The van der Waals surface area contributed by atoms with Gasteiger partial charge in [-0.25, -0.2) is 17.5 Å². The summed E-state index contributed by atoms with van der Waals surface area (Å²) in [5, 5.41) is 2.38. The number of esters is 1. The number of ether oxygens (including phenoxy) is 1. The normalized spacial score (nSPS) is 15.5. The molecule has 2 N–H and O–H groups in total. The molecule has 138 valence electrons. The van der Waals surface area contributed by atoms with E-state index < -0.39 is 27.9 Å². The smallest absolute Gasteiger partial charge is 0.307 e. The van der Waals surface area contributed by atoms with Gasteiger partial charge in [-0.1, -0.05) is 11.6 Å². The monoisotopic (exact) mass is 392 g/mol. The molecule has 1 aromatic carbocycles. The standard InChI is InChI=1S/C15H18ClFN2O5S/c1-9(15(21)19-10-2-3-10)24-14(20)6-7-18-25(22,23)11-4-5-13(17)12(16)8-11/h4-5,8-10,18H,2-3,6-7H2,1H3,(H,19,21)/t9-/m0/s1. The second kappa shape index (κ2) is 8.11. The van der Waals surface area contributed by atoms with Gasteiger partial charge < -0.3 is 10.1 Å². The van der Waals surface area contributed by atoms with Gasteiger partial charge in [0, 0.05) is 12.6 Å². The lowest BCUT2D eigenvalue weighted by molar-refractivity contribution is -0.154. The van der Waals surface area contributed by atoms with E-state index in [9.17, 15) is 22.4 Å². The van der Waals surface area contributed by atoms with Crippen LogP contribution in [0.2, 0.25) is 5.02 Å². The van der Waals surface area contributed by atoms with E-state index in [0.717, 1.165) is 31.0 Å². The van der Waals surface area contributed by atoms with Crippen LogP contribution in [0.3, 0.4) is 0 Å². The topological polar surface area (TPSA) is 102 Å². The molecule has 0 heterocycles. The van der Waals surface area contributed by atoms with E-state index in [1.807, 2.05) is 0 Å². The highest BCUT2D eigenvalue weighted by atomic mass is 35.5. The molecule has 1 aliphatic rings. The number of nitrogens with one attached hydrogen (secondary N) is 2. The van der Waals surface area contributed by atoms with Crippen molar-refractivity contribution < 1.29 is 27.1 Å². The van der Waals surface area contributed by atoms with Gasteiger partial charge in [0.15, 0.2) is 6.10 Å². The summed E-state index contributed by atoms with van der Waals surface area (Å²) in [6.45, 7) is 1.22. The van der Waals surface area contributed by atoms with Crippen molar-refractivity contribution in [1.29, 1.82) is 0 Å². The molecule has 0 aliphatic heterocycles. The molecule has 1 fully saturated rings. The van der Waals surface area contributed by atoms with Crippen LogP contribution >= 0.6 is 11.6 Å². The van der Waals surface area contributed by atoms with E-state index in [4.69, 9.17) is 16.3 Å². The third-order valence-electron chi connectivity index (χ3n) is 3.42. The van der Waals surface area contributed by atoms with E-state index in [0.29, 0.717) is 0 Å². The lowest BCUT2D eigenvalue weighted by atomic mass is 10.3. The van der Waals surface area contributed by atoms with Crippen LogP contribution in [0.15, 0.2) is 23.1 Å². The van der Waals surface area contributed by atoms with Crippen LogP contribution in [0.25, 0.3) is 0 Å². The van der Waals surface area contributed by atoms with Gasteiger partial charge in [0.2, 0.25) is 10.0 Å². The lowest BCUT2D eigenvalue weighted by Gasteiger charge is -2.13. The van der Waals surface area contributed by atoms with Gasteiger partial charge in [0.1, 0.15) is 5.82 Å². The summed E-state index contributed by atoms with van der Waals surface area (Å²) in [6.07, 6.45) is 0.638. The molecule has 0 radical (unpaired) electrons. The van der Waals surface area contributed by atoms with Gasteiger partial charge in [-0.2, -0.15) is 0 Å². The predicted octanol–water partition coefficient (Wildman–Crippen LogP) is 1.36. The van der Waals surface area contributed by atoms with Crippen LogP contribution in [0.5, 0.6) is 0 Å². The number of carbonyl (C=O) groups is 2. The number of benzene rings is 1. The third-order valence-corrected chi connectivity index (χ3v) is 5.17.